The van der Waals surface area contributed by atoms with E-state index in [9.17, 15) is 9.59 Å². The van der Waals surface area contributed by atoms with Gasteiger partial charge in [-0.3, -0.25) is 19.9 Å². The summed E-state index contributed by atoms with van der Waals surface area (Å²) in [5.41, 5.74) is 2.74. The van der Waals surface area contributed by atoms with E-state index in [1.54, 1.807) is 13.1 Å². The van der Waals surface area contributed by atoms with Crippen LogP contribution in [0, 0.1) is 0 Å². The molecule has 0 saturated heterocycles. The average Bonchev–Trinajstić information content (AvgIpc) is 2.86. The smallest absolute Gasteiger partial charge is 0.301 e. The fourth-order valence-electron chi connectivity index (χ4n) is 1.78. The fourth-order valence-corrected chi connectivity index (χ4v) is 1.78. The molecule has 0 aliphatic heterocycles. The summed E-state index contributed by atoms with van der Waals surface area (Å²) in [6, 6.07) is 1.71. The third-order valence-electron chi connectivity index (χ3n) is 2.66. The lowest BCUT2D eigenvalue weighted by Gasteiger charge is -2.20. The molecule has 4 N–H and O–H groups in total. The maximum absolute atomic E-state index is 11.5. The Bertz CT molecular complexity index is 430. The average molecular weight is 268 g/mol. The number of rotatable bonds is 7. The van der Waals surface area contributed by atoms with Crippen molar-refractivity contribution in [1.29, 1.82) is 0 Å². The van der Waals surface area contributed by atoms with E-state index < -0.39 is 5.91 Å². The van der Waals surface area contributed by atoms with Crippen molar-refractivity contribution in [3.8, 4) is 0 Å². The van der Waals surface area contributed by atoms with Crippen LogP contribution in [-0.2, 0) is 11.3 Å². The van der Waals surface area contributed by atoms with Gasteiger partial charge in [0.05, 0.1) is 12.8 Å². The molecule has 0 spiro atoms. The third-order valence-corrected chi connectivity index (χ3v) is 2.66. The molecule has 0 aliphatic rings. The van der Waals surface area contributed by atoms with Gasteiger partial charge in [0, 0.05) is 19.2 Å². The fraction of sp³-hybridized carbons (Fsp3) is 0.500. The van der Waals surface area contributed by atoms with Crippen LogP contribution >= 0.6 is 0 Å². The first-order valence-electron chi connectivity index (χ1n) is 6.12. The van der Waals surface area contributed by atoms with E-state index in [0.717, 1.165) is 13.0 Å². The zero-order valence-electron chi connectivity index (χ0n) is 11.2. The van der Waals surface area contributed by atoms with Crippen LogP contribution < -0.4 is 16.6 Å². The van der Waals surface area contributed by atoms with Gasteiger partial charge >= 0.3 is 5.91 Å². The standard InChI is InChI=1S/C12H20N4O3/c1-3-5-16(8-10(17)14-2)7-9-4-6-19-11(9)12(18)15-13/h4,6H,3,5,7-8,13H2,1-2H3,(H,14,17)(H,15,18). The highest BCUT2D eigenvalue weighted by Gasteiger charge is 2.17. The number of nitrogens with two attached hydrogens (primary N) is 1. The van der Waals surface area contributed by atoms with E-state index in [2.05, 4.69) is 5.32 Å². The number of furan rings is 1. The Morgan fingerprint density at radius 1 is 1.47 bits per heavy atom. The molecule has 106 valence electrons. The van der Waals surface area contributed by atoms with Gasteiger partial charge in [-0.1, -0.05) is 6.92 Å². The molecule has 0 bridgehead atoms. The highest BCUT2D eigenvalue weighted by molar-refractivity contribution is 5.92. The van der Waals surface area contributed by atoms with Crippen LogP contribution in [0.2, 0.25) is 0 Å². The lowest BCUT2D eigenvalue weighted by molar-refractivity contribution is -0.121. The van der Waals surface area contributed by atoms with Gasteiger partial charge in [0.1, 0.15) is 0 Å². The van der Waals surface area contributed by atoms with Crippen LogP contribution in [0.15, 0.2) is 16.7 Å². The molecule has 19 heavy (non-hydrogen) atoms. The minimum atomic E-state index is -0.476. The van der Waals surface area contributed by atoms with Crippen molar-refractivity contribution in [2.75, 3.05) is 20.1 Å². The second kappa shape index (κ2) is 7.55. The molecule has 0 aliphatic carbocycles. The first-order chi connectivity index (χ1) is 9.12. The maximum Gasteiger partial charge on any atom is 0.301 e. The summed E-state index contributed by atoms with van der Waals surface area (Å²) in [5, 5.41) is 2.58. The first-order valence-corrected chi connectivity index (χ1v) is 6.12. The zero-order valence-corrected chi connectivity index (χ0v) is 11.2. The van der Waals surface area contributed by atoms with Gasteiger partial charge in [0.2, 0.25) is 5.91 Å². The van der Waals surface area contributed by atoms with Gasteiger partial charge in [0.25, 0.3) is 0 Å². The highest BCUT2D eigenvalue weighted by atomic mass is 16.3. The molecule has 1 aromatic rings. The van der Waals surface area contributed by atoms with Crippen molar-refractivity contribution >= 4 is 11.8 Å². The molecule has 0 saturated carbocycles. The topological polar surface area (TPSA) is 101 Å². The summed E-state index contributed by atoms with van der Waals surface area (Å²) in [5.74, 6) is 4.72. The number of nitrogens with zero attached hydrogens (tertiary/aromatic N) is 1. The molecule has 2 amide bonds. The van der Waals surface area contributed by atoms with Gasteiger partial charge in [-0.25, -0.2) is 5.84 Å². The molecule has 7 nitrogen and oxygen atoms in total. The summed E-state index contributed by atoms with van der Waals surface area (Å²) < 4.78 is 5.11. The molecule has 1 rings (SSSR count). The number of hydrogen-bond donors (Lipinski definition) is 3. The van der Waals surface area contributed by atoms with E-state index in [1.807, 2.05) is 17.2 Å². The molecule has 0 atom stereocenters. The molecule has 7 heteroatoms. The van der Waals surface area contributed by atoms with Crippen LogP contribution in [0.4, 0.5) is 0 Å². The van der Waals surface area contributed by atoms with Crippen molar-refractivity contribution in [2.45, 2.75) is 19.9 Å². The van der Waals surface area contributed by atoms with Gasteiger partial charge in [0.15, 0.2) is 5.76 Å². The largest absolute Gasteiger partial charge is 0.459 e. The van der Waals surface area contributed by atoms with Crippen LogP contribution in [0.25, 0.3) is 0 Å². The number of carbonyl (C=O) groups excluding carboxylic acids is 2. The lowest BCUT2D eigenvalue weighted by atomic mass is 10.2. The molecule has 0 aromatic carbocycles. The van der Waals surface area contributed by atoms with Crippen molar-refractivity contribution < 1.29 is 14.0 Å². The Balaban J connectivity index is 2.76. The molecule has 1 heterocycles. The van der Waals surface area contributed by atoms with E-state index in [4.69, 9.17) is 10.3 Å². The van der Waals surface area contributed by atoms with E-state index in [0.29, 0.717) is 12.1 Å². The Kier molecular flexibility index (Phi) is 6.04. The van der Waals surface area contributed by atoms with Gasteiger partial charge < -0.3 is 9.73 Å². The number of hydrazine groups is 1. The SMILES string of the molecule is CCCN(CC(=O)NC)Cc1ccoc1C(=O)NN. The van der Waals surface area contributed by atoms with Crippen LogP contribution in [0.1, 0.15) is 29.5 Å². The van der Waals surface area contributed by atoms with Crippen LogP contribution in [-0.4, -0.2) is 36.9 Å². The molecule has 0 radical (unpaired) electrons. The van der Waals surface area contributed by atoms with E-state index in [1.165, 1.54) is 6.26 Å². The lowest BCUT2D eigenvalue weighted by Crippen LogP contribution is -2.36. The van der Waals surface area contributed by atoms with Crippen LogP contribution in [0.5, 0.6) is 0 Å². The molecule has 0 unspecified atom stereocenters. The minimum absolute atomic E-state index is 0.0678. The molecule has 1 aromatic heterocycles. The number of carbonyl (C=O) groups is 2. The van der Waals surface area contributed by atoms with Crippen molar-refractivity contribution in [1.82, 2.24) is 15.6 Å². The first kappa shape index (κ1) is 15.2. The van der Waals surface area contributed by atoms with E-state index >= 15 is 0 Å². The highest BCUT2D eigenvalue weighted by Crippen LogP contribution is 2.13. The quantitative estimate of drug-likeness (QED) is 0.362. The van der Waals surface area contributed by atoms with Crippen molar-refractivity contribution in [3.63, 3.8) is 0 Å². The zero-order chi connectivity index (χ0) is 14.3. The Hall–Kier alpha value is -1.86. The van der Waals surface area contributed by atoms with Gasteiger partial charge in [-0.15, -0.1) is 0 Å². The Labute approximate surface area is 112 Å². The number of amides is 2. The van der Waals surface area contributed by atoms with E-state index in [-0.39, 0.29) is 18.2 Å². The maximum atomic E-state index is 11.5. The van der Waals surface area contributed by atoms with Crippen LogP contribution in [0.3, 0.4) is 0 Å². The molecular formula is C12H20N4O3. The monoisotopic (exact) mass is 268 g/mol. The summed E-state index contributed by atoms with van der Waals surface area (Å²) in [6.07, 6.45) is 2.34. The minimum Gasteiger partial charge on any atom is -0.459 e. The normalized spacial score (nSPS) is 10.5. The van der Waals surface area contributed by atoms with Gasteiger partial charge in [-0.05, 0) is 19.0 Å². The predicted molar refractivity (Wildman–Crippen MR) is 70.0 cm³/mol. The van der Waals surface area contributed by atoms with Gasteiger partial charge in [-0.2, -0.15) is 0 Å². The second-order valence-corrected chi connectivity index (χ2v) is 4.13. The van der Waals surface area contributed by atoms with Crippen molar-refractivity contribution in [3.05, 3.63) is 23.7 Å². The Morgan fingerprint density at radius 3 is 2.79 bits per heavy atom. The summed E-state index contributed by atoms with van der Waals surface area (Å²) in [7, 11) is 1.59. The Morgan fingerprint density at radius 2 is 2.21 bits per heavy atom. The predicted octanol–water partition coefficient (Wildman–Crippen LogP) is -0.159. The number of nitrogen functional groups attached to an aromatic ring is 1. The molecular weight excluding hydrogens is 248 g/mol. The van der Waals surface area contributed by atoms with Crippen molar-refractivity contribution in [2.24, 2.45) is 5.84 Å². The summed E-state index contributed by atoms with van der Waals surface area (Å²) in [6.45, 7) is 3.52. The third kappa shape index (κ3) is 4.38. The number of nitrogens with one attached hydrogen (secondary N) is 2. The summed E-state index contributed by atoms with van der Waals surface area (Å²) in [4.78, 5) is 24.9. The molecule has 0 fully saturated rings. The number of hydrogen-bond acceptors (Lipinski definition) is 5. The number of likely N-dealkylation sites (N-methyl/N-ethyl adjacent to an activating group) is 1. The second-order valence-electron chi connectivity index (χ2n) is 4.13. The summed E-state index contributed by atoms with van der Waals surface area (Å²) >= 11 is 0.